The number of aryl methyl sites for hydroxylation is 1. The summed E-state index contributed by atoms with van der Waals surface area (Å²) in [6, 6.07) is 9.04. The second-order valence-electron chi connectivity index (χ2n) is 6.72. The summed E-state index contributed by atoms with van der Waals surface area (Å²) in [5, 5.41) is 9.39. The van der Waals surface area contributed by atoms with E-state index in [4.69, 9.17) is 0 Å². The Balaban J connectivity index is 1.88. The molecule has 1 fully saturated rings. The van der Waals surface area contributed by atoms with E-state index in [0.717, 1.165) is 38.5 Å². The van der Waals surface area contributed by atoms with Gasteiger partial charge in [-0.25, -0.2) is 0 Å². The van der Waals surface area contributed by atoms with Gasteiger partial charge in [-0.1, -0.05) is 43.5 Å². The lowest BCUT2D eigenvalue weighted by Crippen LogP contribution is -2.50. The van der Waals surface area contributed by atoms with E-state index in [9.17, 15) is 9.90 Å². The first-order valence-corrected chi connectivity index (χ1v) is 8.15. The lowest BCUT2D eigenvalue weighted by Gasteiger charge is -2.47. The van der Waals surface area contributed by atoms with E-state index in [0.29, 0.717) is 6.04 Å². The van der Waals surface area contributed by atoms with Crippen molar-refractivity contribution in [2.24, 2.45) is 0 Å². The molecule has 3 rings (SSSR count). The molecule has 21 heavy (non-hydrogen) atoms. The quantitative estimate of drug-likeness (QED) is 0.916. The van der Waals surface area contributed by atoms with Gasteiger partial charge in [-0.2, -0.15) is 0 Å². The van der Waals surface area contributed by atoms with Crippen molar-refractivity contribution in [2.75, 3.05) is 7.05 Å². The Morgan fingerprint density at radius 2 is 2.00 bits per heavy atom. The molecule has 1 unspecified atom stereocenters. The number of benzene rings is 1. The van der Waals surface area contributed by atoms with Crippen LogP contribution in [0, 0.1) is 0 Å². The molecule has 1 aromatic carbocycles. The average Bonchev–Trinajstić information content (AvgIpc) is 2.90. The number of aliphatic carboxylic acids is 1. The predicted octanol–water partition coefficient (Wildman–Crippen LogP) is 3.78. The average molecular weight is 287 g/mol. The van der Waals surface area contributed by atoms with Gasteiger partial charge in [0.2, 0.25) is 0 Å². The fourth-order valence-corrected chi connectivity index (χ4v) is 4.41. The van der Waals surface area contributed by atoms with Crippen molar-refractivity contribution >= 4 is 5.97 Å². The van der Waals surface area contributed by atoms with Crippen LogP contribution >= 0.6 is 0 Å². The molecule has 0 aromatic heterocycles. The fraction of sp³-hybridized carbons (Fsp3) is 0.611. The summed E-state index contributed by atoms with van der Waals surface area (Å²) >= 11 is 0. The summed E-state index contributed by atoms with van der Waals surface area (Å²) in [6.07, 6.45) is 8.13. The molecule has 2 aliphatic rings. The smallest absolute Gasteiger partial charge is 0.305 e. The molecule has 114 valence electrons. The van der Waals surface area contributed by atoms with E-state index in [2.05, 4.69) is 36.2 Å². The van der Waals surface area contributed by atoms with Gasteiger partial charge >= 0.3 is 5.97 Å². The number of rotatable bonds is 4. The minimum atomic E-state index is -0.657. The number of nitrogens with zero attached hydrogens (tertiary/aromatic N) is 1. The van der Waals surface area contributed by atoms with Crippen molar-refractivity contribution in [1.82, 2.24) is 4.90 Å². The molecule has 0 radical (unpaired) electrons. The molecule has 2 aliphatic carbocycles. The van der Waals surface area contributed by atoms with Gasteiger partial charge in [0.15, 0.2) is 0 Å². The van der Waals surface area contributed by atoms with Crippen LogP contribution in [0.3, 0.4) is 0 Å². The van der Waals surface area contributed by atoms with Crippen molar-refractivity contribution in [3.8, 4) is 0 Å². The fourth-order valence-electron chi connectivity index (χ4n) is 4.41. The summed E-state index contributed by atoms with van der Waals surface area (Å²) in [6.45, 7) is 0. The molecular weight excluding hydrogens is 262 g/mol. The largest absolute Gasteiger partial charge is 0.481 e. The van der Waals surface area contributed by atoms with E-state index in [1.165, 1.54) is 17.5 Å². The Labute approximate surface area is 127 Å². The molecule has 0 amide bonds. The van der Waals surface area contributed by atoms with Crippen molar-refractivity contribution < 1.29 is 9.90 Å². The summed E-state index contributed by atoms with van der Waals surface area (Å²) in [5.41, 5.74) is 2.71. The SMILES string of the molecule is CN(C1CCc2ccccc21)C1(CC(=O)O)CCCCC1. The van der Waals surface area contributed by atoms with Crippen molar-refractivity contribution in [3.05, 3.63) is 35.4 Å². The first-order valence-electron chi connectivity index (χ1n) is 8.15. The van der Waals surface area contributed by atoms with Gasteiger partial charge in [-0.15, -0.1) is 0 Å². The Hall–Kier alpha value is -1.35. The Bertz CT molecular complexity index is 520. The summed E-state index contributed by atoms with van der Waals surface area (Å²) < 4.78 is 0. The van der Waals surface area contributed by atoms with Crippen LogP contribution in [0.15, 0.2) is 24.3 Å². The van der Waals surface area contributed by atoms with Crippen LogP contribution in [0.2, 0.25) is 0 Å². The summed E-state index contributed by atoms with van der Waals surface area (Å²) in [7, 11) is 2.15. The van der Waals surface area contributed by atoms with Crippen LogP contribution in [0.5, 0.6) is 0 Å². The first-order chi connectivity index (χ1) is 10.1. The molecule has 3 heteroatoms. The molecule has 0 saturated heterocycles. The van der Waals surface area contributed by atoms with Crippen LogP contribution in [-0.2, 0) is 11.2 Å². The minimum Gasteiger partial charge on any atom is -0.481 e. The highest BCUT2D eigenvalue weighted by atomic mass is 16.4. The highest BCUT2D eigenvalue weighted by Gasteiger charge is 2.42. The van der Waals surface area contributed by atoms with Crippen molar-refractivity contribution in [3.63, 3.8) is 0 Å². The highest BCUT2D eigenvalue weighted by molar-refractivity contribution is 5.68. The van der Waals surface area contributed by atoms with Gasteiger partial charge in [0, 0.05) is 11.6 Å². The highest BCUT2D eigenvalue weighted by Crippen LogP contribution is 2.44. The van der Waals surface area contributed by atoms with Crippen LogP contribution in [0.4, 0.5) is 0 Å². The molecule has 0 bridgehead atoms. The number of carboxylic acids is 1. The lowest BCUT2D eigenvalue weighted by molar-refractivity contribution is -0.141. The third-order valence-electron chi connectivity index (χ3n) is 5.58. The Morgan fingerprint density at radius 3 is 2.71 bits per heavy atom. The van der Waals surface area contributed by atoms with Gasteiger partial charge in [0.1, 0.15) is 0 Å². The third-order valence-corrected chi connectivity index (χ3v) is 5.58. The molecule has 0 aliphatic heterocycles. The van der Waals surface area contributed by atoms with Gasteiger partial charge < -0.3 is 5.11 Å². The van der Waals surface area contributed by atoms with Crippen molar-refractivity contribution in [2.45, 2.75) is 62.9 Å². The topological polar surface area (TPSA) is 40.5 Å². The van der Waals surface area contributed by atoms with Crippen LogP contribution in [0.25, 0.3) is 0 Å². The normalized spacial score (nSPS) is 24.0. The lowest BCUT2D eigenvalue weighted by atomic mass is 9.77. The first kappa shape index (κ1) is 14.6. The minimum absolute atomic E-state index is 0.147. The molecule has 3 nitrogen and oxygen atoms in total. The molecule has 0 heterocycles. The number of carbonyl (C=O) groups is 1. The molecule has 1 aromatic rings. The van der Waals surface area contributed by atoms with Crippen LogP contribution in [-0.4, -0.2) is 28.6 Å². The van der Waals surface area contributed by atoms with E-state index < -0.39 is 5.97 Å². The summed E-state index contributed by atoms with van der Waals surface area (Å²) in [4.78, 5) is 13.8. The zero-order valence-electron chi connectivity index (χ0n) is 12.8. The third kappa shape index (κ3) is 2.71. The number of fused-ring (bicyclic) bond motifs is 1. The summed E-state index contributed by atoms with van der Waals surface area (Å²) in [5.74, 6) is -0.657. The zero-order valence-corrected chi connectivity index (χ0v) is 12.8. The van der Waals surface area contributed by atoms with E-state index in [-0.39, 0.29) is 12.0 Å². The molecule has 0 spiro atoms. The predicted molar refractivity (Wildman–Crippen MR) is 83.3 cm³/mol. The second-order valence-corrected chi connectivity index (χ2v) is 6.72. The van der Waals surface area contributed by atoms with Gasteiger partial charge in [-0.05, 0) is 43.9 Å². The number of carboxylic acid groups (broad SMARTS) is 1. The number of hydrogen-bond acceptors (Lipinski definition) is 2. The number of hydrogen-bond donors (Lipinski definition) is 1. The van der Waals surface area contributed by atoms with Gasteiger partial charge in [0.05, 0.1) is 6.42 Å². The molecule has 1 atom stereocenters. The zero-order chi connectivity index (χ0) is 14.9. The maximum Gasteiger partial charge on any atom is 0.305 e. The van der Waals surface area contributed by atoms with E-state index in [1.807, 2.05) is 0 Å². The van der Waals surface area contributed by atoms with E-state index >= 15 is 0 Å². The van der Waals surface area contributed by atoms with E-state index in [1.54, 1.807) is 0 Å². The Kier molecular flexibility index (Phi) is 4.03. The maximum atomic E-state index is 11.4. The monoisotopic (exact) mass is 287 g/mol. The van der Waals surface area contributed by atoms with Gasteiger partial charge in [-0.3, -0.25) is 9.69 Å². The van der Waals surface area contributed by atoms with Crippen LogP contribution in [0.1, 0.15) is 62.1 Å². The van der Waals surface area contributed by atoms with Crippen molar-refractivity contribution in [1.29, 1.82) is 0 Å². The van der Waals surface area contributed by atoms with Gasteiger partial charge in [0.25, 0.3) is 0 Å². The maximum absolute atomic E-state index is 11.4. The standard InChI is InChI=1S/C18H25NO2/c1-19(16-10-9-14-7-3-4-8-15(14)16)18(13-17(20)21)11-5-2-6-12-18/h3-4,7-8,16H,2,5-6,9-13H2,1H3,(H,20,21). The van der Waals surface area contributed by atoms with Crippen LogP contribution < -0.4 is 0 Å². The molecule has 1 N–H and O–H groups in total. The second kappa shape index (κ2) is 5.80. The Morgan fingerprint density at radius 1 is 1.29 bits per heavy atom. The molecular formula is C18H25NO2. The molecule has 1 saturated carbocycles.